The van der Waals surface area contributed by atoms with E-state index in [1.165, 1.54) is 4.90 Å². The van der Waals surface area contributed by atoms with Crippen molar-refractivity contribution in [2.75, 3.05) is 34.3 Å². The van der Waals surface area contributed by atoms with Crippen molar-refractivity contribution in [3.63, 3.8) is 0 Å². The minimum atomic E-state index is 0.0309. The van der Waals surface area contributed by atoms with Crippen molar-refractivity contribution in [1.29, 1.82) is 0 Å². The van der Waals surface area contributed by atoms with Crippen molar-refractivity contribution < 1.29 is 14.4 Å². The van der Waals surface area contributed by atoms with Crippen LogP contribution in [0.3, 0.4) is 0 Å². The van der Waals surface area contributed by atoms with Crippen LogP contribution < -0.4 is 9.64 Å². The minimum absolute atomic E-state index is 0.0309. The number of ether oxygens (including phenoxy) is 1. The summed E-state index contributed by atoms with van der Waals surface area (Å²) in [7, 11) is 5.89. The summed E-state index contributed by atoms with van der Waals surface area (Å²) in [4.78, 5) is 15.7. The Morgan fingerprint density at radius 1 is 1.40 bits per heavy atom. The molecule has 1 aromatic rings. The lowest BCUT2D eigenvalue weighted by atomic mass is 10.2. The first-order valence-electron chi connectivity index (χ1n) is 6.92. The van der Waals surface area contributed by atoms with Crippen LogP contribution in [0.4, 0.5) is 0 Å². The van der Waals surface area contributed by atoms with Crippen LogP contribution in [-0.2, 0) is 4.79 Å². The van der Waals surface area contributed by atoms with E-state index in [-0.39, 0.29) is 16.5 Å². The van der Waals surface area contributed by atoms with Crippen molar-refractivity contribution in [2.45, 2.75) is 17.5 Å². The Balaban J connectivity index is 2.20. The molecule has 20 heavy (non-hydrogen) atoms. The summed E-state index contributed by atoms with van der Waals surface area (Å²) in [6.07, 6.45) is 0. The van der Waals surface area contributed by atoms with Gasteiger partial charge in [0, 0.05) is 0 Å². The molecule has 110 valence electrons. The number of hydrogen-bond acceptors (Lipinski definition) is 3. The second kappa shape index (κ2) is 6.50. The van der Waals surface area contributed by atoms with Crippen LogP contribution in [0.5, 0.6) is 5.75 Å². The van der Waals surface area contributed by atoms with E-state index in [4.69, 9.17) is 4.74 Å². The molecular formula is C15H23N2O2S+. The third-order valence-corrected chi connectivity index (χ3v) is 4.87. The molecule has 1 amide bonds. The van der Waals surface area contributed by atoms with E-state index in [9.17, 15) is 4.79 Å². The van der Waals surface area contributed by atoms with Gasteiger partial charge in [-0.3, -0.25) is 4.79 Å². The molecule has 0 bridgehead atoms. The smallest absolute Gasteiger partial charge is 0.236 e. The van der Waals surface area contributed by atoms with E-state index in [0.29, 0.717) is 0 Å². The van der Waals surface area contributed by atoms with Crippen LogP contribution in [0.15, 0.2) is 24.3 Å². The maximum absolute atomic E-state index is 12.3. The molecule has 0 aliphatic carbocycles. The monoisotopic (exact) mass is 295 g/mol. The molecule has 4 nitrogen and oxygen atoms in total. The Bertz CT molecular complexity index is 479. The molecular weight excluding hydrogens is 272 g/mol. The Labute approximate surface area is 125 Å². The zero-order chi connectivity index (χ0) is 14.7. The van der Waals surface area contributed by atoms with Crippen molar-refractivity contribution >= 4 is 17.7 Å². The average Bonchev–Trinajstić information content (AvgIpc) is 2.72. The van der Waals surface area contributed by atoms with Gasteiger partial charge in [-0.1, -0.05) is 12.1 Å². The van der Waals surface area contributed by atoms with E-state index in [0.717, 1.165) is 24.4 Å². The second-order valence-electron chi connectivity index (χ2n) is 5.40. The summed E-state index contributed by atoms with van der Waals surface area (Å²) in [6.45, 7) is 3.74. The van der Waals surface area contributed by atoms with E-state index in [1.54, 1.807) is 18.9 Å². The maximum Gasteiger partial charge on any atom is 0.236 e. The summed E-state index contributed by atoms with van der Waals surface area (Å²) >= 11 is 1.72. The van der Waals surface area contributed by atoms with Gasteiger partial charge < -0.3 is 14.5 Å². The van der Waals surface area contributed by atoms with Crippen LogP contribution in [0.2, 0.25) is 0 Å². The van der Waals surface area contributed by atoms with Gasteiger partial charge in [0.1, 0.15) is 11.1 Å². The number of rotatable bonds is 5. The number of quaternary nitrogens is 1. The zero-order valence-corrected chi connectivity index (χ0v) is 13.4. The number of carbonyl (C=O) groups excluding carboxylic acids is 1. The Hall–Kier alpha value is -1.20. The number of nitrogens with zero attached hydrogens (tertiary/aromatic N) is 1. The molecule has 1 fully saturated rings. The molecule has 1 heterocycles. The molecule has 1 aliphatic rings. The lowest BCUT2D eigenvalue weighted by Gasteiger charge is -2.24. The van der Waals surface area contributed by atoms with Crippen LogP contribution >= 0.6 is 11.8 Å². The summed E-state index contributed by atoms with van der Waals surface area (Å²) in [5.74, 6) is 1.08. The van der Waals surface area contributed by atoms with Crippen molar-refractivity contribution in [2.24, 2.45) is 0 Å². The molecule has 0 saturated carbocycles. The highest BCUT2D eigenvalue weighted by molar-refractivity contribution is 8.01. The fourth-order valence-electron chi connectivity index (χ4n) is 2.30. The molecule has 1 aromatic carbocycles. The van der Waals surface area contributed by atoms with Gasteiger partial charge in [-0.2, -0.15) is 0 Å². The van der Waals surface area contributed by atoms with Crippen LogP contribution in [0, 0.1) is 0 Å². The predicted molar refractivity (Wildman–Crippen MR) is 82.2 cm³/mol. The number of benzene rings is 1. The van der Waals surface area contributed by atoms with Gasteiger partial charge in [0.05, 0.1) is 39.5 Å². The van der Waals surface area contributed by atoms with Crippen LogP contribution in [0.25, 0.3) is 0 Å². The van der Waals surface area contributed by atoms with Crippen LogP contribution in [0.1, 0.15) is 17.9 Å². The molecule has 1 aliphatic heterocycles. The molecule has 1 N–H and O–H groups in total. The number of nitrogens with one attached hydrogen (secondary N) is 1. The summed E-state index contributed by atoms with van der Waals surface area (Å²) in [5, 5.41) is 0.135. The van der Waals surface area contributed by atoms with Gasteiger partial charge in [0.25, 0.3) is 0 Å². The quantitative estimate of drug-likeness (QED) is 0.872. The summed E-state index contributed by atoms with van der Waals surface area (Å²) < 4.78 is 5.28. The molecule has 1 saturated heterocycles. The first kappa shape index (κ1) is 15.2. The first-order chi connectivity index (χ1) is 9.52. The molecule has 2 rings (SSSR count). The van der Waals surface area contributed by atoms with E-state index in [2.05, 4.69) is 20.2 Å². The Morgan fingerprint density at radius 2 is 2.15 bits per heavy atom. The average molecular weight is 295 g/mol. The molecule has 0 radical (unpaired) electrons. The topological polar surface area (TPSA) is 34.0 Å². The lowest BCUT2D eigenvalue weighted by molar-refractivity contribution is -0.857. The third kappa shape index (κ3) is 3.27. The number of thioether (sulfide) groups is 1. The second-order valence-corrected chi connectivity index (χ2v) is 6.82. The summed E-state index contributed by atoms with van der Waals surface area (Å²) in [5.41, 5.74) is 1.14. The largest absolute Gasteiger partial charge is 0.497 e. The highest BCUT2D eigenvalue weighted by atomic mass is 32.2. The predicted octanol–water partition coefficient (Wildman–Crippen LogP) is 0.802. The third-order valence-electron chi connectivity index (χ3n) is 3.48. The highest BCUT2D eigenvalue weighted by Crippen LogP contribution is 2.43. The Morgan fingerprint density at radius 3 is 2.80 bits per heavy atom. The molecule has 2 atom stereocenters. The minimum Gasteiger partial charge on any atom is -0.497 e. The Kier molecular flexibility index (Phi) is 4.94. The van der Waals surface area contributed by atoms with Crippen molar-refractivity contribution in [3.8, 4) is 5.75 Å². The summed E-state index contributed by atoms with van der Waals surface area (Å²) in [6, 6.07) is 8.01. The molecule has 0 aromatic heterocycles. The highest BCUT2D eigenvalue weighted by Gasteiger charge is 2.38. The van der Waals surface area contributed by atoms with Gasteiger partial charge >= 0.3 is 0 Å². The number of carbonyl (C=O) groups is 1. The standard InChI is InChI=1S/C15H22N2O2S/c1-11-14(18)17(9-8-16(2)3)15(20-11)12-6-5-7-13(10-12)19-4/h5-7,10-11,15H,8-9H2,1-4H3/p+1/t11-,15+/m1/s1. The van der Waals surface area contributed by atoms with Gasteiger partial charge in [0.15, 0.2) is 0 Å². The lowest BCUT2D eigenvalue weighted by Crippen LogP contribution is -3.06. The van der Waals surface area contributed by atoms with Crippen molar-refractivity contribution in [1.82, 2.24) is 4.90 Å². The van der Waals surface area contributed by atoms with Gasteiger partial charge in [-0.15, -0.1) is 11.8 Å². The van der Waals surface area contributed by atoms with E-state index >= 15 is 0 Å². The normalized spacial score (nSPS) is 22.6. The molecule has 5 heteroatoms. The van der Waals surface area contributed by atoms with E-state index in [1.807, 2.05) is 30.0 Å². The van der Waals surface area contributed by atoms with Crippen molar-refractivity contribution in [3.05, 3.63) is 29.8 Å². The fourth-order valence-corrected chi connectivity index (χ4v) is 3.60. The number of hydrogen-bond donors (Lipinski definition) is 1. The maximum atomic E-state index is 12.3. The molecule has 0 spiro atoms. The number of likely N-dealkylation sites (N-methyl/N-ethyl adjacent to an activating group) is 1. The van der Waals surface area contributed by atoms with E-state index < -0.39 is 0 Å². The van der Waals surface area contributed by atoms with Gasteiger partial charge in [-0.05, 0) is 24.6 Å². The number of amides is 1. The van der Waals surface area contributed by atoms with Crippen LogP contribution in [-0.4, -0.2) is 50.4 Å². The van der Waals surface area contributed by atoms with Gasteiger partial charge in [0.2, 0.25) is 5.91 Å². The number of methoxy groups -OCH3 is 1. The van der Waals surface area contributed by atoms with Gasteiger partial charge in [-0.25, -0.2) is 0 Å². The first-order valence-corrected chi connectivity index (χ1v) is 7.86. The fraction of sp³-hybridized carbons (Fsp3) is 0.533. The molecule has 0 unspecified atom stereocenters. The SMILES string of the molecule is COc1cccc([C@@H]2S[C@H](C)C(=O)N2CC[NH+](C)C)c1. The zero-order valence-electron chi connectivity index (χ0n) is 12.6.